The predicted octanol–water partition coefficient (Wildman–Crippen LogP) is 0.725. The zero-order valence-electron chi connectivity index (χ0n) is 10.3. The summed E-state index contributed by atoms with van der Waals surface area (Å²) in [4.78, 5) is 11.1. The smallest absolute Gasteiger partial charge is 0.335 e. The van der Waals surface area contributed by atoms with E-state index in [2.05, 4.69) is 15.3 Å². The fraction of sp³-hybridized carbons (Fsp3) is 0.167. The Kier molecular flexibility index (Phi) is 3.13. The number of hydrogen-bond acceptors (Lipinski definition) is 6. The number of benzene rings is 1. The van der Waals surface area contributed by atoms with Crippen molar-refractivity contribution in [2.45, 2.75) is 6.61 Å². The fourth-order valence-corrected chi connectivity index (χ4v) is 1.85. The van der Waals surface area contributed by atoms with Crippen LogP contribution in [0.5, 0.6) is 5.75 Å². The predicted molar refractivity (Wildman–Crippen MR) is 66.7 cm³/mol. The van der Waals surface area contributed by atoms with E-state index >= 15 is 0 Å². The van der Waals surface area contributed by atoms with Crippen molar-refractivity contribution >= 4 is 12.2 Å². The second kappa shape index (κ2) is 5.10. The van der Waals surface area contributed by atoms with Crippen molar-refractivity contribution in [2.24, 2.45) is 5.10 Å². The van der Waals surface area contributed by atoms with E-state index in [1.807, 2.05) is 0 Å². The molecule has 102 valence electrons. The highest BCUT2D eigenvalue weighted by Gasteiger charge is 2.18. The molecule has 0 radical (unpaired) electrons. The molecule has 0 saturated carbocycles. The minimum atomic E-state index is -1.02. The lowest BCUT2D eigenvalue weighted by atomic mass is 10.0. The van der Waals surface area contributed by atoms with Gasteiger partial charge in [-0.05, 0) is 12.1 Å². The average Bonchev–Trinajstić information content (AvgIpc) is 2.97. The highest BCUT2D eigenvalue weighted by molar-refractivity contribution is 5.93. The molecule has 0 atom stereocenters. The number of nitrogens with zero attached hydrogens (tertiary/aromatic N) is 4. The zero-order chi connectivity index (χ0) is 13.9. The standard InChI is InChI=1S/C12H10N4O4/c17-12(18)8-1-9(3-15-16-5-13-14-6-16)11-10(2-8)4-19-7-20-11/h1-3,5-6H,4,7H2,(H,17,18)/b15-3+. The summed E-state index contributed by atoms with van der Waals surface area (Å²) in [6.45, 7) is 0.441. The lowest BCUT2D eigenvalue weighted by Crippen LogP contribution is -2.14. The van der Waals surface area contributed by atoms with Gasteiger partial charge in [0.1, 0.15) is 18.4 Å². The summed E-state index contributed by atoms with van der Waals surface area (Å²) in [5, 5.41) is 20.5. The van der Waals surface area contributed by atoms with Crippen molar-refractivity contribution in [3.05, 3.63) is 41.5 Å². The number of aromatic carboxylic acids is 1. The van der Waals surface area contributed by atoms with Gasteiger partial charge in [0.15, 0.2) is 6.79 Å². The van der Waals surface area contributed by atoms with Crippen molar-refractivity contribution in [1.82, 2.24) is 14.9 Å². The van der Waals surface area contributed by atoms with Gasteiger partial charge in [-0.3, -0.25) is 0 Å². The Morgan fingerprint density at radius 2 is 2.20 bits per heavy atom. The van der Waals surface area contributed by atoms with Crippen LogP contribution in [0.15, 0.2) is 29.9 Å². The van der Waals surface area contributed by atoms with Crippen LogP contribution in [-0.4, -0.2) is 39.0 Å². The van der Waals surface area contributed by atoms with Gasteiger partial charge in [0.2, 0.25) is 0 Å². The first-order valence-electron chi connectivity index (χ1n) is 5.74. The molecule has 1 aliphatic heterocycles. The lowest BCUT2D eigenvalue weighted by Gasteiger charge is -2.19. The molecular weight excluding hydrogens is 264 g/mol. The normalized spacial score (nSPS) is 14.0. The van der Waals surface area contributed by atoms with Crippen LogP contribution < -0.4 is 4.74 Å². The van der Waals surface area contributed by atoms with E-state index in [0.29, 0.717) is 23.5 Å². The summed E-state index contributed by atoms with van der Waals surface area (Å²) in [7, 11) is 0. The molecule has 20 heavy (non-hydrogen) atoms. The number of rotatable bonds is 3. The molecule has 2 heterocycles. The van der Waals surface area contributed by atoms with E-state index in [9.17, 15) is 4.79 Å². The summed E-state index contributed by atoms with van der Waals surface area (Å²) in [5.41, 5.74) is 1.40. The summed E-state index contributed by atoms with van der Waals surface area (Å²) < 4.78 is 12.0. The van der Waals surface area contributed by atoms with Crippen LogP contribution in [0, 0.1) is 0 Å². The van der Waals surface area contributed by atoms with Gasteiger partial charge in [0.05, 0.1) is 18.4 Å². The van der Waals surface area contributed by atoms with E-state index in [1.165, 1.54) is 35.7 Å². The first-order valence-corrected chi connectivity index (χ1v) is 5.74. The summed E-state index contributed by atoms with van der Waals surface area (Å²) >= 11 is 0. The highest BCUT2D eigenvalue weighted by Crippen LogP contribution is 2.28. The van der Waals surface area contributed by atoms with Crippen LogP contribution in [0.2, 0.25) is 0 Å². The number of hydrogen-bond donors (Lipinski definition) is 1. The van der Waals surface area contributed by atoms with E-state index in [-0.39, 0.29) is 12.4 Å². The maximum absolute atomic E-state index is 11.1. The van der Waals surface area contributed by atoms with E-state index < -0.39 is 5.97 Å². The van der Waals surface area contributed by atoms with Crippen LogP contribution in [0.3, 0.4) is 0 Å². The molecule has 0 aliphatic carbocycles. The third-order valence-corrected chi connectivity index (χ3v) is 2.72. The molecule has 0 unspecified atom stereocenters. The summed E-state index contributed by atoms with van der Waals surface area (Å²) in [5.74, 6) is -0.435. The highest BCUT2D eigenvalue weighted by atomic mass is 16.7. The van der Waals surface area contributed by atoms with Gasteiger partial charge in [-0.15, -0.1) is 10.2 Å². The Labute approximate surface area is 113 Å². The van der Waals surface area contributed by atoms with Crippen LogP contribution in [0.1, 0.15) is 21.5 Å². The molecule has 0 spiro atoms. The molecule has 0 amide bonds. The van der Waals surface area contributed by atoms with Crippen LogP contribution in [-0.2, 0) is 11.3 Å². The van der Waals surface area contributed by atoms with Crippen molar-refractivity contribution in [3.63, 3.8) is 0 Å². The zero-order valence-corrected chi connectivity index (χ0v) is 10.3. The molecule has 3 rings (SSSR count). The Balaban J connectivity index is 2.03. The summed E-state index contributed by atoms with van der Waals surface area (Å²) in [6.07, 6.45) is 4.35. The maximum Gasteiger partial charge on any atom is 0.335 e. The minimum Gasteiger partial charge on any atom is -0.478 e. The van der Waals surface area contributed by atoms with E-state index in [4.69, 9.17) is 14.6 Å². The van der Waals surface area contributed by atoms with Gasteiger partial charge in [0, 0.05) is 11.1 Å². The number of aromatic nitrogens is 3. The number of carbonyl (C=O) groups is 1. The summed E-state index contributed by atoms with van der Waals surface area (Å²) in [6, 6.07) is 3.04. The monoisotopic (exact) mass is 274 g/mol. The molecule has 0 bridgehead atoms. The molecule has 8 heteroatoms. The Morgan fingerprint density at radius 1 is 1.40 bits per heavy atom. The molecule has 1 aromatic carbocycles. The molecule has 8 nitrogen and oxygen atoms in total. The molecule has 1 N–H and O–H groups in total. The Morgan fingerprint density at radius 3 is 2.95 bits per heavy atom. The number of fused-ring (bicyclic) bond motifs is 1. The first kappa shape index (κ1) is 12.3. The van der Waals surface area contributed by atoms with E-state index in [0.717, 1.165) is 0 Å². The van der Waals surface area contributed by atoms with Crippen LogP contribution >= 0.6 is 0 Å². The van der Waals surface area contributed by atoms with Gasteiger partial charge in [-0.25, -0.2) is 9.47 Å². The number of carboxylic acid groups (broad SMARTS) is 1. The Bertz CT molecular complexity index is 666. The third kappa shape index (κ3) is 2.36. The van der Waals surface area contributed by atoms with Crippen molar-refractivity contribution < 1.29 is 19.4 Å². The molecular formula is C12H10N4O4. The number of carboxylic acids is 1. The van der Waals surface area contributed by atoms with Crippen molar-refractivity contribution in [3.8, 4) is 5.75 Å². The fourth-order valence-electron chi connectivity index (χ4n) is 1.85. The van der Waals surface area contributed by atoms with Gasteiger partial charge in [-0.1, -0.05) is 0 Å². The molecule has 1 aliphatic rings. The molecule has 0 fully saturated rings. The average molecular weight is 274 g/mol. The van der Waals surface area contributed by atoms with Crippen LogP contribution in [0.25, 0.3) is 0 Å². The van der Waals surface area contributed by atoms with Gasteiger partial charge in [-0.2, -0.15) is 5.10 Å². The quantitative estimate of drug-likeness (QED) is 0.828. The van der Waals surface area contributed by atoms with Gasteiger partial charge >= 0.3 is 5.97 Å². The SMILES string of the molecule is O=C(O)c1cc(/C=N/n2cnnc2)c2c(c1)COCO2. The van der Waals surface area contributed by atoms with Crippen molar-refractivity contribution in [1.29, 1.82) is 0 Å². The molecule has 2 aromatic rings. The molecule has 0 saturated heterocycles. The number of ether oxygens (including phenoxy) is 2. The second-order valence-electron chi connectivity index (χ2n) is 4.06. The third-order valence-electron chi connectivity index (χ3n) is 2.72. The largest absolute Gasteiger partial charge is 0.478 e. The van der Waals surface area contributed by atoms with Gasteiger partial charge in [0.25, 0.3) is 0 Å². The van der Waals surface area contributed by atoms with Crippen molar-refractivity contribution in [2.75, 3.05) is 6.79 Å². The molecule has 1 aromatic heterocycles. The minimum absolute atomic E-state index is 0.132. The first-order chi connectivity index (χ1) is 9.74. The Hall–Kier alpha value is -2.74. The lowest BCUT2D eigenvalue weighted by molar-refractivity contribution is -0.0165. The maximum atomic E-state index is 11.1. The topological polar surface area (TPSA) is 98.8 Å². The van der Waals surface area contributed by atoms with E-state index in [1.54, 1.807) is 0 Å². The second-order valence-corrected chi connectivity index (χ2v) is 4.06. The van der Waals surface area contributed by atoms with Gasteiger partial charge < -0.3 is 14.6 Å². The van der Waals surface area contributed by atoms with Crippen LogP contribution in [0.4, 0.5) is 0 Å².